The van der Waals surface area contributed by atoms with E-state index in [2.05, 4.69) is 37.0 Å². The molecule has 0 aromatic heterocycles. The van der Waals surface area contributed by atoms with Gasteiger partial charge in [-0.25, -0.2) is 4.39 Å². The van der Waals surface area contributed by atoms with Gasteiger partial charge in [0.05, 0.1) is 5.56 Å². The number of alkyl halides is 3. The van der Waals surface area contributed by atoms with Crippen molar-refractivity contribution in [1.82, 2.24) is 0 Å². The molecule has 0 aliphatic heterocycles. The maximum atomic E-state index is 13.7. The summed E-state index contributed by atoms with van der Waals surface area (Å²) in [5.74, 6) is 4.39. The lowest BCUT2D eigenvalue weighted by molar-refractivity contribution is -0.140. The van der Waals surface area contributed by atoms with Gasteiger partial charge in [0.1, 0.15) is 5.82 Å². The Bertz CT molecular complexity index is 1140. The van der Waals surface area contributed by atoms with Gasteiger partial charge in [0.25, 0.3) is 0 Å². The Labute approximate surface area is 167 Å². The molecule has 0 unspecified atom stereocenters. The summed E-state index contributed by atoms with van der Waals surface area (Å²) in [6.07, 6.45) is -1.70. The third kappa shape index (κ3) is 3.91. The van der Waals surface area contributed by atoms with Crippen LogP contribution >= 0.6 is 0 Å². The van der Waals surface area contributed by atoms with Crippen molar-refractivity contribution in [2.24, 2.45) is 0 Å². The molecule has 0 radical (unpaired) electrons. The number of aryl methyl sites for hydroxylation is 1. The van der Waals surface area contributed by atoms with Crippen LogP contribution in [0.3, 0.4) is 0 Å². The van der Waals surface area contributed by atoms with Crippen LogP contribution in [0.1, 0.15) is 46.7 Å². The fourth-order valence-electron chi connectivity index (χ4n) is 3.75. The second kappa shape index (κ2) is 7.40. The molecule has 4 rings (SSSR count). The Morgan fingerprint density at radius 3 is 2.10 bits per heavy atom. The van der Waals surface area contributed by atoms with E-state index >= 15 is 0 Å². The van der Waals surface area contributed by atoms with Crippen molar-refractivity contribution < 1.29 is 17.6 Å². The lowest BCUT2D eigenvalue weighted by Crippen LogP contribution is -2.07. The van der Waals surface area contributed by atoms with E-state index in [9.17, 15) is 17.6 Å². The molecular formula is C25H18F4. The lowest BCUT2D eigenvalue weighted by atomic mass is 10.0. The Kier molecular flexibility index (Phi) is 4.92. The topological polar surface area (TPSA) is 0 Å². The summed E-state index contributed by atoms with van der Waals surface area (Å²) in [4.78, 5) is 0. The molecule has 0 saturated heterocycles. The Hall–Kier alpha value is -3.06. The summed E-state index contributed by atoms with van der Waals surface area (Å²) in [5.41, 5.74) is 5.94. The van der Waals surface area contributed by atoms with Gasteiger partial charge in [-0.1, -0.05) is 49.5 Å². The first-order valence-electron chi connectivity index (χ1n) is 9.49. The minimum absolute atomic E-state index is 0.212. The Balaban J connectivity index is 1.59. The van der Waals surface area contributed by atoms with Gasteiger partial charge < -0.3 is 0 Å². The van der Waals surface area contributed by atoms with Gasteiger partial charge in [-0.2, -0.15) is 13.2 Å². The normalized spacial score (nSPS) is 12.2. The maximum Gasteiger partial charge on any atom is 0.419 e. The summed E-state index contributed by atoms with van der Waals surface area (Å²) >= 11 is 0. The molecule has 1 aliphatic rings. The van der Waals surface area contributed by atoms with Gasteiger partial charge in [0.15, 0.2) is 0 Å². The molecule has 4 heteroatoms. The van der Waals surface area contributed by atoms with E-state index in [1.165, 1.54) is 33.9 Å². The first kappa shape index (κ1) is 19.3. The van der Waals surface area contributed by atoms with Crippen molar-refractivity contribution in [3.05, 3.63) is 93.8 Å². The van der Waals surface area contributed by atoms with E-state index < -0.39 is 17.6 Å². The van der Waals surface area contributed by atoms with Crippen LogP contribution in [0.4, 0.5) is 17.6 Å². The van der Waals surface area contributed by atoms with E-state index in [0.29, 0.717) is 0 Å². The third-order valence-electron chi connectivity index (χ3n) is 5.11. The summed E-state index contributed by atoms with van der Waals surface area (Å²) in [5, 5.41) is 0. The van der Waals surface area contributed by atoms with Crippen molar-refractivity contribution in [2.45, 2.75) is 32.4 Å². The lowest BCUT2D eigenvalue weighted by Gasteiger charge is -2.07. The SMILES string of the molecule is CCCc1ccc2c(c1)Cc1cc(C#Cc3ccc(C(F)(F)F)c(F)c3)ccc1-2. The molecule has 0 heterocycles. The zero-order valence-corrected chi connectivity index (χ0v) is 15.8. The fraction of sp³-hybridized carbons (Fsp3) is 0.200. The number of hydrogen-bond acceptors (Lipinski definition) is 0. The first-order valence-corrected chi connectivity index (χ1v) is 9.49. The van der Waals surface area contributed by atoms with Gasteiger partial charge in [0, 0.05) is 11.1 Å². The van der Waals surface area contributed by atoms with Crippen molar-refractivity contribution in [2.75, 3.05) is 0 Å². The highest BCUT2D eigenvalue weighted by molar-refractivity contribution is 5.77. The largest absolute Gasteiger partial charge is 0.419 e. The maximum absolute atomic E-state index is 13.7. The number of benzene rings is 3. The van der Waals surface area contributed by atoms with Crippen LogP contribution < -0.4 is 0 Å². The molecule has 0 saturated carbocycles. The molecule has 0 N–H and O–H groups in total. The minimum Gasteiger partial charge on any atom is -0.206 e. The van der Waals surface area contributed by atoms with Crippen LogP contribution in [0.5, 0.6) is 0 Å². The Morgan fingerprint density at radius 2 is 1.45 bits per heavy atom. The number of rotatable bonds is 2. The van der Waals surface area contributed by atoms with E-state index in [1.807, 2.05) is 18.2 Å². The standard InChI is InChI=1S/C25H18F4/c1-2-3-16-6-9-21-19(12-16)15-20-13-17(7-10-22(20)21)4-5-18-8-11-23(24(26)14-18)25(27,28)29/h6-14H,2-3,15H2,1H3. The highest BCUT2D eigenvalue weighted by Gasteiger charge is 2.33. The number of halogens is 4. The monoisotopic (exact) mass is 394 g/mol. The molecule has 146 valence electrons. The zero-order valence-electron chi connectivity index (χ0n) is 15.8. The molecule has 1 aliphatic carbocycles. The Morgan fingerprint density at radius 1 is 0.828 bits per heavy atom. The predicted molar refractivity (Wildman–Crippen MR) is 106 cm³/mol. The van der Waals surface area contributed by atoms with Gasteiger partial charge in [-0.05, 0) is 71.0 Å². The fourth-order valence-corrected chi connectivity index (χ4v) is 3.75. The van der Waals surface area contributed by atoms with Crippen LogP contribution in [0.2, 0.25) is 0 Å². The third-order valence-corrected chi connectivity index (χ3v) is 5.11. The summed E-state index contributed by atoms with van der Waals surface area (Å²) in [6, 6.07) is 15.3. The van der Waals surface area contributed by atoms with E-state index in [4.69, 9.17) is 0 Å². The van der Waals surface area contributed by atoms with Crippen LogP contribution in [0.15, 0.2) is 54.6 Å². The van der Waals surface area contributed by atoms with Gasteiger partial charge in [0.2, 0.25) is 0 Å². The van der Waals surface area contributed by atoms with Crippen LogP contribution in [-0.4, -0.2) is 0 Å². The molecule has 3 aromatic carbocycles. The molecule has 3 aromatic rings. The smallest absolute Gasteiger partial charge is 0.206 e. The average molecular weight is 394 g/mol. The van der Waals surface area contributed by atoms with Gasteiger partial charge in [-0.3, -0.25) is 0 Å². The molecule has 0 bridgehead atoms. The second-order valence-corrected chi connectivity index (χ2v) is 7.23. The van der Waals surface area contributed by atoms with Crippen LogP contribution in [-0.2, 0) is 19.0 Å². The van der Waals surface area contributed by atoms with Gasteiger partial charge >= 0.3 is 6.18 Å². The molecule has 0 atom stereocenters. The molecular weight excluding hydrogens is 376 g/mol. The second-order valence-electron chi connectivity index (χ2n) is 7.23. The summed E-state index contributed by atoms with van der Waals surface area (Å²) in [6.45, 7) is 2.16. The predicted octanol–water partition coefficient (Wildman–Crippen LogP) is 6.77. The van der Waals surface area contributed by atoms with E-state index in [-0.39, 0.29) is 5.56 Å². The summed E-state index contributed by atoms with van der Waals surface area (Å²) in [7, 11) is 0. The quantitative estimate of drug-likeness (QED) is 0.260. The molecule has 0 fully saturated rings. The van der Waals surface area contributed by atoms with Crippen molar-refractivity contribution in [3.63, 3.8) is 0 Å². The average Bonchev–Trinajstić information content (AvgIpc) is 3.02. The van der Waals surface area contributed by atoms with Crippen LogP contribution in [0.25, 0.3) is 11.1 Å². The zero-order chi connectivity index (χ0) is 20.6. The van der Waals surface area contributed by atoms with Gasteiger partial charge in [-0.15, -0.1) is 0 Å². The molecule has 29 heavy (non-hydrogen) atoms. The summed E-state index contributed by atoms with van der Waals surface area (Å²) < 4.78 is 51.7. The molecule has 0 spiro atoms. The van der Waals surface area contributed by atoms with Crippen LogP contribution in [0, 0.1) is 17.7 Å². The van der Waals surface area contributed by atoms with Crippen molar-refractivity contribution >= 4 is 0 Å². The highest BCUT2D eigenvalue weighted by atomic mass is 19.4. The molecule has 0 nitrogen and oxygen atoms in total. The number of hydrogen-bond donors (Lipinski definition) is 0. The van der Waals surface area contributed by atoms with E-state index in [1.54, 1.807) is 0 Å². The minimum atomic E-state index is -4.71. The highest BCUT2D eigenvalue weighted by Crippen LogP contribution is 2.37. The van der Waals surface area contributed by atoms with Crippen molar-refractivity contribution in [1.29, 1.82) is 0 Å². The first-order chi connectivity index (χ1) is 13.8. The molecule has 0 amide bonds. The van der Waals surface area contributed by atoms with Crippen molar-refractivity contribution in [3.8, 4) is 23.0 Å². The van der Waals surface area contributed by atoms with E-state index in [0.717, 1.165) is 37.0 Å². The number of fused-ring (bicyclic) bond motifs is 3.